The van der Waals surface area contributed by atoms with Crippen LogP contribution in [0.25, 0.3) is 6.08 Å². The van der Waals surface area contributed by atoms with Crippen LogP contribution in [-0.2, 0) is 29.0 Å². The Morgan fingerprint density at radius 1 is 1.13 bits per heavy atom. The lowest BCUT2D eigenvalue weighted by Crippen LogP contribution is -2.42. The molecule has 2 amide bonds. The number of nitrogens with one attached hydrogen (secondary N) is 1. The third-order valence-corrected chi connectivity index (χ3v) is 6.44. The third kappa shape index (κ3) is 5.24. The van der Waals surface area contributed by atoms with E-state index in [1.165, 1.54) is 24.4 Å². The van der Waals surface area contributed by atoms with Crippen LogP contribution in [0, 0.1) is 12.8 Å². The summed E-state index contributed by atoms with van der Waals surface area (Å²) < 4.78 is 2.35. The molecule has 1 fully saturated rings. The number of aromatic nitrogens is 2. The van der Waals surface area contributed by atoms with Gasteiger partial charge in [-0.15, -0.1) is 0 Å². The molecule has 1 N–H and O–H groups in total. The van der Waals surface area contributed by atoms with E-state index in [-0.39, 0.29) is 17.7 Å². The van der Waals surface area contributed by atoms with Crippen molar-refractivity contribution in [2.24, 2.45) is 5.92 Å². The van der Waals surface area contributed by atoms with Crippen LogP contribution in [0.1, 0.15) is 48.5 Å². The standard InChI is InChI=1S/C25H32N4O2/c1-19-22(29-16-6-5-9-23(29)27-19)12-15-26-25(31)21-13-17-28(18-14-21)24(30)11-10-20-7-3-2-4-8-20/h2-4,7-8,10-11,21H,5-6,9,12-18H2,1H3,(H,26,31)/b11-10+. The van der Waals surface area contributed by atoms with Crippen LogP contribution >= 0.6 is 0 Å². The summed E-state index contributed by atoms with van der Waals surface area (Å²) in [5.41, 5.74) is 3.38. The number of hydrogen-bond donors (Lipinski definition) is 1. The Hall–Kier alpha value is -2.89. The van der Waals surface area contributed by atoms with Crippen LogP contribution in [0.5, 0.6) is 0 Å². The highest BCUT2D eigenvalue weighted by Gasteiger charge is 2.26. The smallest absolute Gasteiger partial charge is 0.246 e. The Balaban J connectivity index is 1.21. The Morgan fingerprint density at radius 3 is 2.68 bits per heavy atom. The van der Waals surface area contributed by atoms with E-state index in [4.69, 9.17) is 4.98 Å². The zero-order valence-corrected chi connectivity index (χ0v) is 18.3. The molecule has 6 nitrogen and oxygen atoms in total. The van der Waals surface area contributed by atoms with Crippen LogP contribution in [0.4, 0.5) is 0 Å². The average Bonchev–Trinajstić information content (AvgIpc) is 3.13. The van der Waals surface area contributed by atoms with Crippen LogP contribution in [0.3, 0.4) is 0 Å². The lowest BCUT2D eigenvalue weighted by atomic mass is 9.95. The van der Waals surface area contributed by atoms with E-state index in [1.807, 2.05) is 41.3 Å². The number of likely N-dealkylation sites (tertiary alicyclic amines) is 1. The van der Waals surface area contributed by atoms with Gasteiger partial charge in [0.25, 0.3) is 0 Å². The SMILES string of the molecule is Cc1nc2n(c1CCNC(=O)C1CCN(C(=O)/C=C/c3ccccc3)CC1)CCCC2. The van der Waals surface area contributed by atoms with E-state index in [9.17, 15) is 9.59 Å². The lowest BCUT2D eigenvalue weighted by Gasteiger charge is -2.30. The molecule has 0 spiro atoms. The Kier molecular flexibility index (Phi) is 6.85. The van der Waals surface area contributed by atoms with Crippen molar-refractivity contribution < 1.29 is 9.59 Å². The molecule has 0 atom stereocenters. The molecule has 2 aliphatic rings. The molecule has 31 heavy (non-hydrogen) atoms. The van der Waals surface area contributed by atoms with Crippen molar-refractivity contribution in [1.29, 1.82) is 0 Å². The first kappa shape index (κ1) is 21.3. The first-order valence-electron chi connectivity index (χ1n) is 11.5. The minimum Gasteiger partial charge on any atom is -0.355 e. The first-order chi connectivity index (χ1) is 15.1. The molecule has 0 radical (unpaired) electrons. The average molecular weight is 421 g/mol. The maximum Gasteiger partial charge on any atom is 0.246 e. The lowest BCUT2D eigenvalue weighted by molar-refractivity contribution is -0.132. The van der Waals surface area contributed by atoms with Crippen molar-refractivity contribution in [1.82, 2.24) is 19.8 Å². The van der Waals surface area contributed by atoms with Gasteiger partial charge in [0.2, 0.25) is 11.8 Å². The van der Waals surface area contributed by atoms with E-state index < -0.39 is 0 Å². The Bertz CT molecular complexity index is 940. The number of nitrogens with zero attached hydrogens (tertiary/aromatic N) is 3. The molecule has 2 aliphatic heterocycles. The monoisotopic (exact) mass is 420 g/mol. The van der Waals surface area contributed by atoms with Gasteiger partial charge >= 0.3 is 0 Å². The number of carbonyl (C=O) groups excluding carboxylic acids is 2. The highest BCUT2D eigenvalue weighted by atomic mass is 16.2. The number of carbonyl (C=O) groups is 2. The molecule has 3 heterocycles. The van der Waals surface area contributed by atoms with E-state index in [1.54, 1.807) is 6.08 Å². The molecule has 4 rings (SSSR count). The van der Waals surface area contributed by atoms with Gasteiger partial charge in [-0.05, 0) is 44.2 Å². The summed E-state index contributed by atoms with van der Waals surface area (Å²) in [5.74, 6) is 1.32. The summed E-state index contributed by atoms with van der Waals surface area (Å²) in [6.45, 7) is 5.02. The van der Waals surface area contributed by atoms with Crippen molar-refractivity contribution in [3.05, 3.63) is 59.2 Å². The molecule has 0 bridgehead atoms. The minimum atomic E-state index is -0.0115. The van der Waals surface area contributed by atoms with Gasteiger partial charge in [-0.2, -0.15) is 0 Å². The van der Waals surface area contributed by atoms with Gasteiger partial charge in [-0.3, -0.25) is 9.59 Å². The number of piperidine rings is 1. The van der Waals surface area contributed by atoms with Crippen LogP contribution < -0.4 is 5.32 Å². The Labute approximate surface area is 184 Å². The molecule has 0 aliphatic carbocycles. The number of aryl methyl sites for hydroxylation is 2. The Morgan fingerprint density at radius 2 is 1.90 bits per heavy atom. The van der Waals surface area contributed by atoms with Gasteiger partial charge < -0.3 is 14.8 Å². The quantitative estimate of drug-likeness (QED) is 0.730. The fourth-order valence-corrected chi connectivity index (χ4v) is 4.64. The topological polar surface area (TPSA) is 67.2 Å². The number of rotatable bonds is 6. The van der Waals surface area contributed by atoms with Gasteiger partial charge in [-0.1, -0.05) is 30.3 Å². The van der Waals surface area contributed by atoms with Gasteiger partial charge in [0.15, 0.2) is 0 Å². The largest absolute Gasteiger partial charge is 0.355 e. The van der Waals surface area contributed by atoms with E-state index in [0.717, 1.165) is 43.5 Å². The van der Waals surface area contributed by atoms with Gasteiger partial charge in [0.05, 0.1) is 5.69 Å². The van der Waals surface area contributed by atoms with Crippen molar-refractivity contribution in [3.63, 3.8) is 0 Å². The second-order valence-electron chi connectivity index (χ2n) is 8.55. The molecule has 0 saturated carbocycles. The van der Waals surface area contributed by atoms with Crippen molar-refractivity contribution >= 4 is 17.9 Å². The minimum absolute atomic E-state index is 0.0115. The van der Waals surface area contributed by atoms with Crippen molar-refractivity contribution in [3.8, 4) is 0 Å². The van der Waals surface area contributed by atoms with E-state index in [0.29, 0.717) is 19.6 Å². The predicted molar refractivity (Wildman–Crippen MR) is 121 cm³/mol. The molecule has 2 aromatic rings. The molecule has 1 aromatic heterocycles. The second kappa shape index (κ2) is 9.94. The van der Waals surface area contributed by atoms with Gasteiger partial charge in [0.1, 0.15) is 5.82 Å². The summed E-state index contributed by atoms with van der Waals surface area (Å²) in [6.07, 6.45) is 9.23. The summed E-state index contributed by atoms with van der Waals surface area (Å²) in [6, 6.07) is 9.82. The van der Waals surface area contributed by atoms with Crippen molar-refractivity contribution in [2.45, 2.75) is 52.0 Å². The van der Waals surface area contributed by atoms with Gasteiger partial charge in [-0.25, -0.2) is 4.98 Å². The van der Waals surface area contributed by atoms with Crippen molar-refractivity contribution in [2.75, 3.05) is 19.6 Å². The highest BCUT2D eigenvalue weighted by molar-refractivity contribution is 5.92. The number of amides is 2. The number of benzene rings is 1. The highest BCUT2D eigenvalue weighted by Crippen LogP contribution is 2.20. The summed E-state index contributed by atoms with van der Waals surface area (Å²) in [4.78, 5) is 31.6. The molecular formula is C25H32N4O2. The summed E-state index contributed by atoms with van der Waals surface area (Å²) >= 11 is 0. The van der Waals surface area contributed by atoms with Crippen LogP contribution in [0.2, 0.25) is 0 Å². The zero-order valence-electron chi connectivity index (χ0n) is 18.3. The fourth-order valence-electron chi connectivity index (χ4n) is 4.64. The first-order valence-corrected chi connectivity index (χ1v) is 11.5. The van der Waals surface area contributed by atoms with Gasteiger partial charge in [0, 0.05) is 56.7 Å². The normalized spacial score (nSPS) is 17.0. The molecule has 164 valence electrons. The predicted octanol–water partition coefficient (Wildman–Crippen LogP) is 3.14. The second-order valence-corrected chi connectivity index (χ2v) is 8.55. The third-order valence-electron chi connectivity index (χ3n) is 6.44. The molecule has 6 heteroatoms. The fraction of sp³-hybridized carbons (Fsp3) is 0.480. The van der Waals surface area contributed by atoms with E-state index >= 15 is 0 Å². The maximum absolute atomic E-state index is 12.6. The molecular weight excluding hydrogens is 388 g/mol. The summed E-state index contributed by atoms with van der Waals surface area (Å²) in [5, 5.41) is 3.12. The van der Waals surface area contributed by atoms with Crippen LogP contribution in [0.15, 0.2) is 36.4 Å². The molecule has 0 unspecified atom stereocenters. The number of fused-ring (bicyclic) bond motifs is 1. The molecule has 1 saturated heterocycles. The summed E-state index contributed by atoms with van der Waals surface area (Å²) in [7, 11) is 0. The molecule has 1 aromatic carbocycles. The van der Waals surface area contributed by atoms with Crippen LogP contribution in [-0.4, -0.2) is 45.9 Å². The zero-order chi connectivity index (χ0) is 21.6. The maximum atomic E-state index is 12.6. The number of hydrogen-bond acceptors (Lipinski definition) is 3. The number of imidazole rings is 1. The van der Waals surface area contributed by atoms with E-state index in [2.05, 4.69) is 16.8 Å².